The fraction of sp³-hybridized carbons (Fsp3) is 0.667. The van der Waals surface area contributed by atoms with E-state index >= 15 is 0 Å². The minimum atomic E-state index is 0.524. The van der Waals surface area contributed by atoms with Crippen molar-refractivity contribution in [2.45, 2.75) is 31.7 Å². The second-order valence-electron chi connectivity index (χ2n) is 4.82. The Hall–Kier alpha value is -1.16. The van der Waals surface area contributed by atoms with E-state index in [4.69, 9.17) is 0 Å². The van der Waals surface area contributed by atoms with Gasteiger partial charge in [0.25, 0.3) is 0 Å². The molecule has 0 bridgehead atoms. The average molecular weight is 218 g/mol. The zero-order valence-corrected chi connectivity index (χ0v) is 9.69. The monoisotopic (exact) mass is 218 g/mol. The Balaban J connectivity index is 1.83. The molecule has 1 aliphatic heterocycles. The van der Waals surface area contributed by atoms with Gasteiger partial charge in [0.15, 0.2) is 0 Å². The molecule has 1 aliphatic carbocycles. The average Bonchev–Trinajstić information content (AvgIpc) is 3.14. The predicted molar refractivity (Wildman–Crippen MR) is 63.7 cm³/mol. The molecule has 2 fully saturated rings. The van der Waals surface area contributed by atoms with Gasteiger partial charge in [-0.1, -0.05) is 0 Å². The molecule has 1 saturated carbocycles. The van der Waals surface area contributed by atoms with Crippen molar-refractivity contribution in [3.8, 4) is 0 Å². The van der Waals surface area contributed by atoms with Crippen LogP contribution in [-0.4, -0.2) is 35.6 Å². The van der Waals surface area contributed by atoms with E-state index in [2.05, 4.69) is 33.2 Å². The van der Waals surface area contributed by atoms with Crippen LogP contribution in [0.5, 0.6) is 0 Å². The lowest BCUT2D eigenvalue weighted by molar-refractivity contribution is 0.496. The molecule has 0 spiro atoms. The Morgan fingerprint density at radius 1 is 1.38 bits per heavy atom. The molecule has 16 heavy (non-hydrogen) atoms. The molecule has 3 rings (SSSR count). The van der Waals surface area contributed by atoms with Gasteiger partial charge >= 0.3 is 0 Å². The summed E-state index contributed by atoms with van der Waals surface area (Å²) in [6.07, 6.45) is 4.32. The van der Waals surface area contributed by atoms with Crippen LogP contribution in [0.25, 0.3) is 0 Å². The molecule has 86 valence electrons. The second-order valence-corrected chi connectivity index (χ2v) is 4.82. The fourth-order valence-corrected chi connectivity index (χ4v) is 2.30. The molecule has 0 unspecified atom stereocenters. The van der Waals surface area contributed by atoms with Crippen molar-refractivity contribution >= 4 is 5.82 Å². The smallest absolute Gasteiger partial charge is 0.132 e. The number of hydrogen-bond donors (Lipinski definition) is 1. The molecule has 4 nitrogen and oxygen atoms in total. The van der Waals surface area contributed by atoms with Crippen LogP contribution in [0.2, 0.25) is 0 Å². The second kappa shape index (κ2) is 4.01. The third kappa shape index (κ3) is 1.89. The van der Waals surface area contributed by atoms with Gasteiger partial charge in [-0.05, 0) is 19.8 Å². The fourth-order valence-electron chi connectivity index (χ4n) is 2.30. The Labute approximate surface area is 96.1 Å². The van der Waals surface area contributed by atoms with Crippen molar-refractivity contribution in [3.63, 3.8) is 0 Å². The van der Waals surface area contributed by atoms with Crippen LogP contribution in [0.3, 0.4) is 0 Å². The number of nitrogens with zero attached hydrogens (tertiary/aromatic N) is 3. The third-order valence-electron chi connectivity index (χ3n) is 3.46. The maximum Gasteiger partial charge on any atom is 0.132 e. The number of hydrogen-bond acceptors (Lipinski definition) is 4. The van der Waals surface area contributed by atoms with E-state index in [9.17, 15) is 0 Å². The van der Waals surface area contributed by atoms with Gasteiger partial charge in [0.05, 0.1) is 0 Å². The van der Waals surface area contributed by atoms with Crippen LogP contribution in [0.1, 0.15) is 31.4 Å². The van der Waals surface area contributed by atoms with Crippen molar-refractivity contribution in [1.29, 1.82) is 0 Å². The minimum Gasteiger partial charge on any atom is -0.351 e. The van der Waals surface area contributed by atoms with Gasteiger partial charge in [0, 0.05) is 43.4 Å². The highest BCUT2D eigenvalue weighted by Crippen LogP contribution is 2.39. The molecule has 4 heteroatoms. The van der Waals surface area contributed by atoms with Crippen molar-refractivity contribution < 1.29 is 0 Å². The van der Waals surface area contributed by atoms with Gasteiger partial charge < -0.3 is 10.2 Å². The van der Waals surface area contributed by atoms with E-state index < -0.39 is 0 Å². The number of piperazine rings is 1. The molecule has 1 atom stereocenters. The van der Waals surface area contributed by atoms with Gasteiger partial charge in [-0.15, -0.1) is 0 Å². The van der Waals surface area contributed by atoms with E-state index in [-0.39, 0.29) is 0 Å². The topological polar surface area (TPSA) is 41.0 Å². The number of rotatable bonds is 2. The van der Waals surface area contributed by atoms with Crippen LogP contribution in [0, 0.1) is 0 Å². The highest BCUT2D eigenvalue weighted by Gasteiger charge is 2.26. The lowest BCUT2D eigenvalue weighted by Crippen LogP contribution is -2.50. The van der Waals surface area contributed by atoms with Crippen molar-refractivity contribution in [3.05, 3.63) is 18.1 Å². The summed E-state index contributed by atoms with van der Waals surface area (Å²) >= 11 is 0. The molecule has 1 aromatic heterocycles. The van der Waals surface area contributed by atoms with Gasteiger partial charge in [-0.3, -0.25) is 0 Å². The summed E-state index contributed by atoms with van der Waals surface area (Å²) in [6, 6.07) is 2.70. The van der Waals surface area contributed by atoms with Crippen molar-refractivity contribution in [2.75, 3.05) is 24.5 Å². The minimum absolute atomic E-state index is 0.524. The molecule has 2 heterocycles. The molecular formula is C12H18N4. The summed E-state index contributed by atoms with van der Waals surface area (Å²) in [6.45, 7) is 5.38. The van der Waals surface area contributed by atoms with Gasteiger partial charge in [0.2, 0.25) is 0 Å². The first-order chi connectivity index (χ1) is 7.84. The summed E-state index contributed by atoms with van der Waals surface area (Å²) in [5, 5.41) is 3.40. The summed E-state index contributed by atoms with van der Waals surface area (Å²) < 4.78 is 0. The van der Waals surface area contributed by atoms with Gasteiger partial charge in [0.1, 0.15) is 12.1 Å². The quantitative estimate of drug-likeness (QED) is 0.808. The summed E-state index contributed by atoms with van der Waals surface area (Å²) in [7, 11) is 0. The molecule has 2 aliphatic rings. The highest BCUT2D eigenvalue weighted by molar-refractivity contribution is 5.42. The zero-order valence-electron chi connectivity index (χ0n) is 9.69. The summed E-state index contributed by atoms with van der Waals surface area (Å²) in [5.41, 5.74) is 1.23. The third-order valence-corrected chi connectivity index (χ3v) is 3.46. The lowest BCUT2D eigenvalue weighted by Gasteiger charge is -2.34. The molecule has 0 radical (unpaired) electrons. The Morgan fingerprint density at radius 2 is 2.25 bits per heavy atom. The maximum atomic E-state index is 4.41. The van der Waals surface area contributed by atoms with E-state index in [0.717, 1.165) is 25.5 Å². The first kappa shape index (κ1) is 10.0. The molecule has 0 amide bonds. The number of aromatic nitrogens is 2. The molecule has 0 aromatic carbocycles. The largest absolute Gasteiger partial charge is 0.351 e. The number of nitrogens with one attached hydrogen (secondary N) is 1. The highest BCUT2D eigenvalue weighted by atomic mass is 15.3. The zero-order chi connectivity index (χ0) is 11.0. The van der Waals surface area contributed by atoms with Crippen molar-refractivity contribution in [2.24, 2.45) is 0 Å². The van der Waals surface area contributed by atoms with Crippen LogP contribution >= 0.6 is 0 Å². The van der Waals surface area contributed by atoms with Crippen molar-refractivity contribution in [1.82, 2.24) is 15.3 Å². The van der Waals surface area contributed by atoms with E-state index in [1.807, 2.05) is 0 Å². The lowest BCUT2D eigenvalue weighted by atomic mass is 10.2. The van der Waals surface area contributed by atoms with Crippen LogP contribution in [0.15, 0.2) is 12.4 Å². The van der Waals surface area contributed by atoms with Crippen LogP contribution in [-0.2, 0) is 0 Å². The Bertz CT molecular complexity index is 375. The Morgan fingerprint density at radius 3 is 3.00 bits per heavy atom. The first-order valence-electron chi connectivity index (χ1n) is 6.14. The standard InChI is InChI=1S/C12H18N4/c1-9-7-13-4-5-16(9)12-6-11(10-2-3-10)14-8-15-12/h6,8-10,13H,2-5,7H2,1H3/t9-/m1/s1. The molecule has 1 saturated heterocycles. The van der Waals surface area contributed by atoms with E-state index in [0.29, 0.717) is 12.0 Å². The molecule has 1 aromatic rings. The Kier molecular flexibility index (Phi) is 2.52. The molecular weight excluding hydrogens is 200 g/mol. The van der Waals surface area contributed by atoms with E-state index in [1.54, 1.807) is 6.33 Å². The maximum absolute atomic E-state index is 4.41. The van der Waals surface area contributed by atoms with E-state index in [1.165, 1.54) is 18.5 Å². The number of anilines is 1. The predicted octanol–water partition coefficient (Wildman–Crippen LogP) is 1.15. The summed E-state index contributed by atoms with van der Waals surface area (Å²) in [4.78, 5) is 11.2. The SMILES string of the molecule is C[C@@H]1CNCCN1c1cc(C2CC2)ncn1. The van der Waals surface area contributed by atoms with Gasteiger partial charge in [-0.25, -0.2) is 9.97 Å². The summed E-state index contributed by atoms with van der Waals surface area (Å²) in [5.74, 6) is 1.81. The van der Waals surface area contributed by atoms with Crippen LogP contribution in [0.4, 0.5) is 5.82 Å². The first-order valence-corrected chi connectivity index (χ1v) is 6.14. The normalized spacial score (nSPS) is 25.8. The van der Waals surface area contributed by atoms with Gasteiger partial charge in [-0.2, -0.15) is 0 Å². The molecule has 1 N–H and O–H groups in total. The van der Waals surface area contributed by atoms with Crippen LogP contribution < -0.4 is 10.2 Å².